The number of benzene rings is 2. The number of amides is 2. The highest BCUT2D eigenvalue weighted by molar-refractivity contribution is 7.92. The first-order valence-corrected chi connectivity index (χ1v) is 14.0. The summed E-state index contributed by atoms with van der Waals surface area (Å²) in [7, 11) is -3.76. The maximum absolute atomic E-state index is 13.8. The van der Waals surface area contributed by atoms with Gasteiger partial charge in [-0.1, -0.05) is 68.3 Å². The predicted molar refractivity (Wildman–Crippen MR) is 142 cm³/mol. The fourth-order valence-electron chi connectivity index (χ4n) is 4.21. The molecule has 192 valence electrons. The molecule has 0 radical (unpaired) electrons. The summed E-state index contributed by atoms with van der Waals surface area (Å²) in [6.45, 7) is 9.90. The summed E-state index contributed by atoms with van der Waals surface area (Å²) in [6.07, 6.45) is 3.31. The Hall–Kier alpha value is -2.87. The zero-order valence-corrected chi connectivity index (χ0v) is 22.6. The molecule has 0 unspecified atom stereocenters. The number of aryl methyl sites for hydroxylation is 3. The molecule has 0 aliphatic heterocycles. The van der Waals surface area contributed by atoms with Crippen molar-refractivity contribution in [2.45, 2.75) is 66.5 Å². The molecule has 0 bridgehead atoms. The van der Waals surface area contributed by atoms with Crippen LogP contribution in [0.5, 0.6) is 0 Å². The van der Waals surface area contributed by atoms with Gasteiger partial charge in [0.05, 0.1) is 11.9 Å². The van der Waals surface area contributed by atoms with Crippen LogP contribution < -0.4 is 9.62 Å². The van der Waals surface area contributed by atoms with E-state index in [0.29, 0.717) is 18.7 Å². The lowest BCUT2D eigenvalue weighted by Gasteiger charge is -2.33. The molecule has 0 aliphatic carbocycles. The van der Waals surface area contributed by atoms with Crippen LogP contribution >= 0.6 is 0 Å². The fraction of sp³-hybridized carbons (Fsp3) is 0.481. The first-order chi connectivity index (χ1) is 16.5. The van der Waals surface area contributed by atoms with Crippen molar-refractivity contribution >= 4 is 27.5 Å². The summed E-state index contributed by atoms with van der Waals surface area (Å²) >= 11 is 0. The van der Waals surface area contributed by atoms with Gasteiger partial charge >= 0.3 is 0 Å². The second kappa shape index (κ2) is 12.7. The topological polar surface area (TPSA) is 86.8 Å². The monoisotopic (exact) mass is 501 g/mol. The molecule has 0 fully saturated rings. The van der Waals surface area contributed by atoms with Gasteiger partial charge in [-0.2, -0.15) is 0 Å². The Morgan fingerprint density at radius 1 is 1.00 bits per heavy atom. The van der Waals surface area contributed by atoms with Crippen LogP contribution in [-0.2, 0) is 26.2 Å². The van der Waals surface area contributed by atoms with E-state index in [9.17, 15) is 18.0 Å². The molecule has 0 spiro atoms. The third-order valence-electron chi connectivity index (χ3n) is 6.02. The highest BCUT2D eigenvalue weighted by Gasteiger charge is 2.32. The maximum atomic E-state index is 13.8. The number of hydrogen-bond acceptors (Lipinski definition) is 4. The largest absolute Gasteiger partial charge is 0.354 e. The molecule has 2 aromatic carbocycles. The van der Waals surface area contributed by atoms with Gasteiger partial charge in [0.2, 0.25) is 21.8 Å². The summed E-state index contributed by atoms with van der Waals surface area (Å²) < 4.78 is 26.8. The Labute approximate surface area is 210 Å². The minimum Gasteiger partial charge on any atom is -0.354 e. The molecule has 2 amide bonds. The van der Waals surface area contributed by atoms with E-state index in [4.69, 9.17) is 0 Å². The van der Waals surface area contributed by atoms with E-state index in [-0.39, 0.29) is 19.0 Å². The van der Waals surface area contributed by atoms with E-state index in [1.807, 2.05) is 77.1 Å². The van der Waals surface area contributed by atoms with Crippen LogP contribution in [0.1, 0.15) is 55.4 Å². The maximum Gasteiger partial charge on any atom is 0.244 e. The van der Waals surface area contributed by atoms with Gasteiger partial charge in [-0.3, -0.25) is 13.9 Å². The van der Waals surface area contributed by atoms with Crippen molar-refractivity contribution in [1.82, 2.24) is 10.2 Å². The highest BCUT2D eigenvalue weighted by atomic mass is 32.2. The van der Waals surface area contributed by atoms with Crippen molar-refractivity contribution in [2.24, 2.45) is 0 Å². The van der Waals surface area contributed by atoms with E-state index in [1.54, 1.807) is 0 Å². The average Bonchev–Trinajstić information content (AvgIpc) is 2.77. The Balaban J connectivity index is 2.46. The minimum atomic E-state index is -3.76. The summed E-state index contributed by atoms with van der Waals surface area (Å²) in [4.78, 5) is 28.4. The highest BCUT2D eigenvalue weighted by Crippen LogP contribution is 2.27. The smallest absolute Gasteiger partial charge is 0.244 e. The Kier molecular flexibility index (Phi) is 10.3. The third kappa shape index (κ3) is 7.82. The van der Waals surface area contributed by atoms with Gasteiger partial charge in [0.15, 0.2) is 0 Å². The molecule has 0 saturated heterocycles. The normalized spacial score (nSPS) is 12.2. The standard InChI is InChI=1S/C27H39N3O4S/c1-7-9-16-28-27(32)24(8-2)29(18-23-15-10-12-20(3)17-23)25(31)19-30(35(6,33)34)26-21(4)13-11-14-22(26)5/h10-15,17,24H,7-9,16,18-19H2,1-6H3,(H,28,32)/t24-/m1/s1. The van der Waals surface area contributed by atoms with Gasteiger partial charge in [-0.15, -0.1) is 0 Å². The molecular formula is C27H39N3O4S. The number of anilines is 1. The van der Waals surface area contributed by atoms with E-state index in [1.165, 1.54) is 4.90 Å². The Morgan fingerprint density at radius 2 is 1.63 bits per heavy atom. The minimum absolute atomic E-state index is 0.213. The fourth-order valence-corrected chi connectivity index (χ4v) is 5.17. The van der Waals surface area contributed by atoms with Gasteiger partial charge in [-0.25, -0.2) is 8.42 Å². The van der Waals surface area contributed by atoms with E-state index >= 15 is 0 Å². The van der Waals surface area contributed by atoms with Crippen LogP contribution in [0.3, 0.4) is 0 Å². The van der Waals surface area contributed by atoms with E-state index in [2.05, 4.69) is 5.32 Å². The second-order valence-corrected chi connectivity index (χ2v) is 11.0. The molecule has 35 heavy (non-hydrogen) atoms. The number of hydrogen-bond donors (Lipinski definition) is 1. The molecule has 1 N–H and O–H groups in total. The van der Waals surface area contributed by atoms with Gasteiger partial charge in [0, 0.05) is 13.1 Å². The zero-order chi connectivity index (χ0) is 26.2. The van der Waals surface area contributed by atoms with Crippen LogP contribution in [0.25, 0.3) is 0 Å². The lowest BCUT2D eigenvalue weighted by Crippen LogP contribution is -2.52. The first-order valence-electron chi connectivity index (χ1n) is 12.2. The van der Waals surface area contributed by atoms with Gasteiger partial charge in [0.25, 0.3) is 0 Å². The van der Waals surface area contributed by atoms with Crippen LogP contribution in [0, 0.1) is 20.8 Å². The summed E-state index contributed by atoms with van der Waals surface area (Å²) in [5.41, 5.74) is 3.95. The molecule has 0 heterocycles. The quantitative estimate of drug-likeness (QED) is 0.444. The van der Waals surface area contributed by atoms with Crippen molar-refractivity contribution in [3.8, 4) is 0 Å². The number of unbranched alkanes of at least 4 members (excludes halogenated alkanes) is 1. The van der Waals surface area contributed by atoms with Gasteiger partial charge in [-0.05, 0) is 50.3 Å². The van der Waals surface area contributed by atoms with Gasteiger partial charge < -0.3 is 10.2 Å². The van der Waals surface area contributed by atoms with Crippen molar-refractivity contribution in [1.29, 1.82) is 0 Å². The number of sulfonamides is 1. The summed E-state index contributed by atoms with van der Waals surface area (Å²) in [5.74, 6) is -0.642. The molecule has 2 rings (SSSR count). The third-order valence-corrected chi connectivity index (χ3v) is 7.13. The molecule has 0 saturated carbocycles. The lowest BCUT2D eigenvalue weighted by molar-refractivity contribution is -0.140. The number of para-hydroxylation sites is 1. The van der Waals surface area contributed by atoms with E-state index < -0.39 is 22.0 Å². The van der Waals surface area contributed by atoms with Crippen molar-refractivity contribution in [3.63, 3.8) is 0 Å². The molecule has 2 aromatic rings. The number of nitrogens with zero attached hydrogens (tertiary/aromatic N) is 2. The Morgan fingerprint density at radius 3 is 2.17 bits per heavy atom. The van der Waals surface area contributed by atoms with Crippen LogP contribution in [0.2, 0.25) is 0 Å². The van der Waals surface area contributed by atoms with Crippen molar-refractivity contribution in [2.75, 3.05) is 23.7 Å². The molecule has 7 nitrogen and oxygen atoms in total. The second-order valence-electron chi connectivity index (χ2n) is 9.09. The average molecular weight is 502 g/mol. The summed E-state index contributed by atoms with van der Waals surface area (Å²) in [5, 5.41) is 2.94. The Bertz CT molecular complexity index is 1110. The van der Waals surface area contributed by atoms with Crippen molar-refractivity contribution in [3.05, 3.63) is 64.7 Å². The van der Waals surface area contributed by atoms with E-state index in [0.717, 1.165) is 45.7 Å². The van der Waals surface area contributed by atoms with Crippen LogP contribution in [0.4, 0.5) is 5.69 Å². The zero-order valence-electron chi connectivity index (χ0n) is 21.8. The molecular weight excluding hydrogens is 462 g/mol. The number of rotatable bonds is 12. The number of carbonyl (C=O) groups excluding carboxylic acids is 2. The van der Waals surface area contributed by atoms with Gasteiger partial charge in [0.1, 0.15) is 12.6 Å². The number of nitrogens with one attached hydrogen (secondary N) is 1. The SMILES string of the molecule is CCCCNC(=O)[C@@H](CC)N(Cc1cccc(C)c1)C(=O)CN(c1c(C)cccc1C)S(C)(=O)=O. The molecule has 0 aromatic heterocycles. The number of carbonyl (C=O) groups is 2. The van der Waals surface area contributed by atoms with Crippen molar-refractivity contribution < 1.29 is 18.0 Å². The van der Waals surface area contributed by atoms with Crippen LogP contribution in [0.15, 0.2) is 42.5 Å². The van der Waals surface area contributed by atoms with Crippen LogP contribution in [-0.4, -0.2) is 50.5 Å². The molecule has 0 aliphatic rings. The molecule has 8 heteroatoms. The predicted octanol–water partition coefficient (Wildman–Crippen LogP) is 4.10. The lowest BCUT2D eigenvalue weighted by atomic mass is 10.1. The first kappa shape index (κ1) is 28.4. The summed E-state index contributed by atoms with van der Waals surface area (Å²) in [6, 6.07) is 12.6. The molecule has 1 atom stereocenters.